The molecular weight excluding hydrogens is 286 g/mol. The van der Waals surface area contributed by atoms with E-state index in [9.17, 15) is 0 Å². The molecule has 0 spiro atoms. The van der Waals surface area contributed by atoms with Crippen molar-refractivity contribution in [1.82, 2.24) is 15.6 Å². The van der Waals surface area contributed by atoms with Crippen LogP contribution in [-0.2, 0) is 6.42 Å². The molecule has 0 atom stereocenters. The minimum atomic E-state index is 0.133. The van der Waals surface area contributed by atoms with Gasteiger partial charge >= 0.3 is 0 Å². The Kier molecular flexibility index (Phi) is 5.39. The third-order valence-electron chi connectivity index (χ3n) is 2.76. The summed E-state index contributed by atoms with van der Waals surface area (Å²) in [6.45, 7) is 2.13. The Labute approximate surface area is 128 Å². The molecule has 0 unspecified atom stereocenters. The zero-order valence-corrected chi connectivity index (χ0v) is 12.6. The van der Waals surface area contributed by atoms with Gasteiger partial charge in [0.2, 0.25) is 11.8 Å². The highest BCUT2D eigenvalue weighted by Crippen LogP contribution is 2.18. The molecule has 1 heterocycles. The predicted molar refractivity (Wildman–Crippen MR) is 85.9 cm³/mol. The number of hydrogen-bond acceptors (Lipinski definition) is 5. The molecule has 0 aliphatic rings. The second kappa shape index (κ2) is 7.49. The molecule has 6 nitrogen and oxygen atoms in total. The van der Waals surface area contributed by atoms with Crippen LogP contribution in [-0.4, -0.2) is 21.5 Å². The van der Waals surface area contributed by atoms with Crippen molar-refractivity contribution in [3.05, 3.63) is 35.7 Å². The first-order valence-corrected chi connectivity index (χ1v) is 7.11. The van der Waals surface area contributed by atoms with Gasteiger partial charge in [-0.05, 0) is 36.3 Å². The second-order valence-electron chi connectivity index (χ2n) is 4.46. The molecule has 0 bridgehead atoms. The highest BCUT2D eigenvalue weighted by molar-refractivity contribution is 7.80. The Morgan fingerprint density at radius 3 is 2.81 bits per heavy atom. The average molecular weight is 303 g/mol. The molecule has 0 aliphatic carbocycles. The summed E-state index contributed by atoms with van der Waals surface area (Å²) in [5, 5.41) is 12.1. The predicted octanol–water partition coefficient (Wildman–Crippen LogP) is 2.25. The lowest BCUT2D eigenvalue weighted by atomic mass is 10.1. The fourth-order valence-corrected chi connectivity index (χ4v) is 1.73. The maximum atomic E-state index is 5.62. The molecule has 2 rings (SSSR count). The van der Waals surface area contributed by atoms with Crippen molar-refractivity contribution >= 4 is 23.5 Å². The van der Waals surface area contributed by atoms with Gasteiger partial charge in [0.25, 0.3) is 0 Å². The van der Waals surface area contributed by atoms with Crippen LogP contribution < -0.4 is 11.2 Å². The maximum Gasteiger partial charge on any atom is 0.247 e. The normalized spacial score (nSPS) is 10.9. The Hall–Kier alpha value is -2.28. The summed E-state index contributed by atoms with van der Waals surface area (Å²) in [7, 11) is 0. The molecule has 1 aromatic carbocycles. The molecule has 110 valence electrons. The van der Waals surface area contributed by atoms with Crippen LogP contribution in [0.2, 0.25) is 0 Å². The molecule has 1 aromatic heterocycles. The number of hydrazone groups is 1. The van der Waals surface area contributed by atoms with Crippen molar-refractivity contribution in [2.24, 2.45) is 10.8 Å². The summed E-state index contributed by atoms with van der Waals surface area (Å²) in [5.74, 6) is 1.21. The molecule has 0 amide bonds. The number of nitrogens with zero attached hydrogens (tertiary/aromatic N) is 3. The van der Waals surface area contributed by atoms with Crippen LogP contribution in [0.15, 0.2) is 33.8 Å². The van der Waals surface area contributed by atoms with Crippen LogP contribution in [0, 0.1) is 0 Å². The van der Waals surface area contributed by atoms with Crippen molar-refractivity contribution in [3.63, 3.8) is 0 Å². The standard InChI is InChI=1S/C14H17N5OS/c1-2-3-4-12-17-18-13(20-12)11-7-5-10(6-8-11)9-16-19-14(15)21/h5-9H,2-4H2,1H3,(H3,15,19,21). The van der Waals surface area contributed by atoms with Gasteiger partial charge in [-0.3, -0.25) is 5.43 Å². The van der Waals surface area contributed by atoms with Crippen LogP contribution in [0.1, 0.15) is 31.2 Å². The monoisotopic (exact) mass is 303 g/mol. The molecule has 3 N–H and O–H groups in total. The van der Waals surface area contributed by atoms with Gasteiger partial charge < -0.3 is 10.2 Å². The fourth-order valence-electron chi connectivity index (χ4n) is 1.68. The number of nitrogens with one attached hydrogen (secondary N) is 1. The number of nitrogens with two attached hydrogens (primary N) is 1. The van der Waals surface area contributed by atoms with Gasteiger partial charge in [-0.15, -0.1) is 10.2 Å². The van der Waals surface area contributed by atoms with Gasteiger partial charge in [0.15, 0.2) is 5.11 Å². The largest absolute Gasteiger partial charge is 0.421 e. The first kappa shape index (κ1) is 15.1. The molecule has 21 heavy (non-hydrogen) atoms. The summed E-state index contributed by atoms with van der Waals surface area (Å²) in [6, 6.07) is 7.60. The molecular formula is C14H17N5OS. The quantitative estimate of drug-likeness (QED) is 0.483. The lowest BCUT2D eigenvalue weighted by Crippen LogP contribution is -2.23. The maximum absolute atomic E-state index is 5.62. The van der Waals surface area contributed by atoms with Crippen LogP contribution in [0.5, 0.6) is 0 Å². The lowest BCUT2D eigenvalue weighted by Gasteiger charge is -1.97. The van der Waals surface area contributed by atoms with E-state index in [0.29, 0.717) is 11.8 Å². The van der Waals surface area contributed by atoms with Crippen molar-refractivity contribution in [2.45, 2.75) is 26.2 Å². The zero-order valence-electron chi connectivity index (χ0n) is 11.7. The number of unbranched alkanes of at least 4 members (excludes halogenated alkanes) is 1. The van der Waals surface area contributed by atoms with E-state index in [2.05, 4.69) is 39.9 Å². The highest BCUT2D eigenvalue weighted by atomic mass is 32.1. The molecule has 0 aliphatic heterocycles. The number of aromatic nitrogens is 2. The Morgan fingerprint density at radius 2 is 2.14 bits per heavy atom. The van der Waals surface area contributed by atoms with E-state index in [1.165, 1.54) is 0 Å². The highest BCUT2D eigenvalue weighted by Gasteiger charge is 2.07. The van der Waals surface area contributed by atoms with E-state index >= 15 is 0 Å². The number of aryl methyl sites for hydroxylation is 1. The minimum Gasteiger partial charge on any atom is -0.421 e. The third kappa shape index (κ3) is 4.64. The van der Waals surface area contributed by atoms with Crippen LogP contribution in [0.25, 0.3) is 11.5 Å². The van der Waals surface area contributed by atoms with Gasteiger partial charge in [0.05, 0.1) is 6.21 Å². The minimum absolute atomic E-state index is 0.133. The zero-order chi connectivity index (χ0) is 15.1. The van der Waals surface area contributed by atoms with Gasteiger partial charge in [-0.25, -0.2) is 0 Å². The number of rotatable bonds is 6. The van der Waals surface area contributed by atoms with E-state index in [0.717, 1.165) is 30.4 Å². The third-order valence-corrected chi connectivity index (χ3v) is 2.85. The Morgan fingerprint density at radius 1 is 1.38 bits per heavy atom. The molecule has 0 radical (unpaired) electrons. The van der Waals surface area contributed by atoms with Crippen molar-refractivity contribution in [1.29, 1.82) is 0 Å². The molecule has 2 aromatic rings. The van der Waals surface area contributed by atoms with E-state index in [1.807, 2.05) is 24.3 Å². The van der Waals surface area contributed by atoms with Crippen LogP contribution in [0.4, 0.5) is 0 Å². The number of hydrogen-bond donors (Lipinski definition) is 2. The van der Waals surface area contributed by atoms with Gasteiger partial charge in [-0.2, -0.15) is 5.10 Å². The van der Waals surface area contributed by atoms with Crippen LogP contribution >= 0.6 is 12.2 Å². The van der Waals surface area contributed by atoms with E-state index in [4.69, 9.17) is 10.2 Å². The molecule has 0 saturated heterocycles. The summed E-state index contributed by atoms with van der Waals surface area (Å²) in [6.07, 6.45) is 4.60. The lowest BCUT2D eigenvalue weighted by molar-refractivity contribution is 0.496. The molecule has 0 saturated carbocycles. The van der Waals surface area contributed by atoms with E-state index in [-0.39, 0.29) is 5.11 Å². The van der Waals surface area contributed by atoms with Crippen LogP contribution in [0.3, 0.4) is 0 Å². The van der Waals surface area contributed by atoms with Gasteiger partial charge in [0.1, 0.15) is 0 Å². The van der Waals surface area contributed by atoms with E-state index in [1.54, 1.807) is 6.21 Å². The first-order chi connectivity index (χ1) is 10.2. The van der Waals surface area contributed by atoms with E-state index < -0.39 is 0 Å². The SMILES string of the molecule is CCCCc1nnc(-c2ccc(C=NNC(N)=S)cc2)o1. The molecule has 0 fully saturated rings. The number of benzene rings is 1. The topological polar surface area (TPSA) is 89.3 Å². The summed E-state index contributed by atoms with van der Waals surface area (Å²) < 4.78 is 5.62. The summed E-state index contributed by atoms with van der Waals surface area (Å²) in [5.41, 5.74) is 9.56. The summed E-state index contributed by atoms with van der Waals surface area (Å²) in [4.78, 5) is 0. The van der Waals surface area contributed by atoms with Crippen molar-refractivity contribution < 1.29 is 4.42 Å². The Balaban J connectivity index is 2.03. The number of thiocarbonyl (C=S) groups is 1. The van der Waals surface area contributed by atoms with Crippen molar-refractivity contribution in [2.75, 3.05) is 0 Å². The van der Waals surface area contributed by atoms with Gasteiger partial charge in [0, 0.05) is 12.0 Å². The average Bonchev–Trinajstić information content (AvgIpc) is 2.94. The van der Waals surface area contributed by atoms with Gasteiger partial charge in [-0.1, -0.05) is 25.5 Å². The fraction of sp³-hybridized carbons (Fsp3) is 0.286. The molecule has 7 heteroatoms. The Bertz CT molecular complexity index is 621. The summed E-state index contributed by atoms with van der Waals surface area (Å²) >= 11 is 4.65. The smallest absolute Gasteiger partial charge is 0.247 e. The van der Waals surface area contributed by atoms with Crippen molar-refractivity contribution in [3.8, 4) is 11.5 Å². The second-order valence-corrected chi connectivity index (χ2v) is 4.90. The first-order valence-electron chi connectivity index (χ1n) is 6.70.